The molecule has 1 saturated carbocycles. The first-order valence-corrected chi connectivity index (χ1v) is 7.38. The number of carboxylic acids is 1. The van der Waals surface area contributed by atoms with E-state index >= 15 is 0 Å². The fourth-order valence-corrected chi connectivity index (χ4v) is 3.64. The van der Waals surface area contributed by atoms with Gasteiger partial charge in [-0.1, -0.05) is 12.2 Å². The number of fused-ring (bicyclic) bond motifs is 2. The predicted molar refractivity (Wildman–Crippen MR) is 81.7 cm³/mol. The van der Waals surface area contributed by atoms with Crippen LogP contribution in [-0.4, -0.2) is 24.1 Å². The van der Waals surface area contributed by atoms with Crippen molar-refractivity contribution in [3.8, 4) is 5.75 Å². The van der Waals surface area contributed by atoms with Crippen LogP contribution in [0.25, 0.3) is 0 Å². The first-order chi connectivity index (χ1) is 10.5. The Labute approximate surface area is 129 Å². The topological polar surface area (TPSA) is 75.6 Å². The molecule has 0 unspecified atom stereocenters. The number of carbonyl (C=O) groups is 2. The van der Waals surface area contributed by atoms with E-state index in [4.69, 9.17) is 4.74 Å². The Kier molecular flexibility index (Phi) is 3.64. The molecule has 0 radical (unpaired) electrons. The van der Waals surface area contributed by atoms with Gasteiger partial charge in [0.2, 0.25) is 5.91 Å². The summed E-state index contributed by atoms with van der Waals surface area (Å²) in [6.45, 7) is 1.88. The average molecular weight is 301 g/mol. The van der Waals surface area contributed by atoms with Crippen LogP contribution in [0.3, 0.4) is 0 Å². The van der Waals surface area contributed by atoms with Gasteiger partial charge in [0.15, 0.2) is 0 Å². The molecule has 116 valence electrons. The third-order valence-corrected chi connectivity index (χ3v) is 4.74. The van der Waals surface area contributed by atoms with E-state index in [-0.39, 0.29) is 17.7 Å². The average Bonchev–Trinajstić information content (AvgIpc) is 3.09. The molecule has 1 fully saturated rings. The minimum Gasteiger partial charge on any atom is -0.497 e. The van der Waals surface area contributed by atoms with E-state index in [0.717, 1.165) is 17.7 Å². The normalized spacial score (nSPS) is 28.6. The summed E-state index contributed by atoms with van der Waals surface area (Å²) in [6.07, 6.45) is 4.68. The summed E-state index contributed by atoms with van der Waals surface area (Å²) in [6, 6.07) is 5.40. The second-order valence-electron chi connectivity index (χ2n) is 6.01. The summed E-state index contributed by atoms with van der Waals surface area (Å²) in [4.78, 5) is 24.1. The lowest BCUT2D eigenvalue weighted by atomic mass is 9.82. The van der Waals surface area contributed by atoms with Crippen molar-refractivity contribution in [3.63, 3.8) is 0 Å². The molecule has 5 nitrogen and oxygen atoms in total. The van der Waals surface area contributed by atoms with Crippen molar-refractivity contribution in [1.82, 2.24) is 0 Å². The zero-order valence-corrected chi connectivity index (χ0v) is 12.6. The Morgan fingerprint density at radius 3 is 2.50 bits per heavy atom. The van der Waals surface area contributed by atoms with E-state index in [0.29, 0.717) is 5.69 Å². The zero-order chi connectivity index (χ0) is 15.9. The number of aliphatic carboxylic acids is 1. The maximum Gasteiger partial charge on any atom is 0.307 e. The quantitative estimate of drug-likeness (QED) is 0.838. The number of methoxy groups -OCH3 is 1. The van der Waals surface area contributed by atoms with Gasteiger partial charge < -0.3 is 15.2 Å². The smallest absolute Gasteiger partial charge is 0.307 e. The van der Waals surface area contributed by atoms with Crippen molar-refractivity contribution in [1.29, 1.82) is 0 Å². The van der Waals surface area contributed by atoms with E-state index in [1.165, 1.54) is 0 Å². The molecule has 2 bridgehead atoms. The maximum atomic E-state index is 12.6. The number of carbonyl (C=O) groups excluding carboxylic acids is 1. The molecule has 1 aromatic rings. The minimum absolute atomic E-state index is 0.0183. The van der Waals surface area contributed by atoms with Crippen LogP contribution in [0.4, 0.5) is 5.69 Å². The molecule has 2 N–H and O–H groups in total. The number of nitrogens with one attached hydrogen (secondary N) is 1. The van der Waals surface area contributed by atoms with Gasteiger partial charge in [0.25, 0.3) is 0 Å². The van der Waals surface area contributed by atoms with Gasteiger partial charge in [-0.2, -0.15) is 0 Å². The van der Waals surface area contributed by atoms with E-state index in [9.17, 15) is 14.7 Å². The van der Waals surface area contributed by atoms with Crippen molar-refractivity contribution in [2.75, 3.05) is 12.4 Å². The lowest BCUT2D eigenvalue weighted by molar-refractivity contribution is -0.146. The molecule has 0 heterocycles. The van der Waals surface area contributed by atoms with Crippen LogP contribution in [0.1, 0.15) is 12.0 Å². The number of allylic oxidation sites excluding steroid dienone is 2. The van der Waals surface area contributed by atoms with Crippen LogP contribution < -0.4 is 10.1 Å². The molecule has 0 saturated heterocycles. The number of hydrogen-bond donors (Lipinski definition) is 2. The molecular formula is C17H19NO4. The van der Waals surface area contributed by atoms with Gasteiger partial charge in [-0.25, -0.2) is 0 Å². The Bertz CT molecular complexity index is 652. The maximum absolute atomic E-state index is 12.6. The number of benzene rings is 1. The summed E-state index contributed by atoms with van der Waals surface area (Å²) in [7, 11) is 1.59. The first kappa shape index (κ1) is 14.6. The second kappa shape index (κ2) is 5.48. The molecule has 0 aliphatic heterocycles. The van der Waals surface area contributed by atoms with Crippen molar-refractivity contribution in [3.05, 3.63) is 35.9 Å². The van der Waals surface area contributed by atoms with Crippen LogP contribution in [0.15, 0.2) is 30.4 Å². The number of hydrogen-bond acceptors (Lipinski definition) is 3. The van der Waals surface area contributed by atoms with Gasteiger partial charge >= 0.3 is 5.97 Å². The van der Waals surface area contributed by atoms with Crippen LogP contribution in [0.2, 0.25) is 0 Å². The van der Waals surface area contributed by atoms with Crippen molar-refractivity contribution in [2.45, 2.75) is 13.3 Å². The van der Waals surface area contributed by atoms with E-state index in [2.05, 4.69) is 5.32 Å². The van der Waals surface area contributed by atoms with Gasteiger partial charge in [-0.05, 0) is 48.9 Å². The SMILES string of the molecule is COc1ccc(NC(=O)[C@@H]2[C@@H](C(=O)O)[C@H]3C=C[C@H]2C3)c(C)c1. The number of anilines is 1. The highest BCUT2D eigenvalue weighted by atomic mass is 16.5. The molecule has 0 spiro atoms. The lowest BCUT2D eigenvalue weighted by Gasteiger charge is -2.24. The van der Waals surface area contributed by atoms with Gasteiger partial charge in [0.1, 0.15) is 5.75 Å². The van der Waals surface area contributed by atoms with E-state index < -0.39 is 17.8 Å². The molecule has 4 atom stereocenters. The summed E-state index contributed by atoms with van der Waals surface area (Å²) < 4.78 is 5.14. The van der Waals surface area contributed by atoms with E-state index in [1.54, 1.807) is 19.2 Å². The fraction of sp³-hybridized carbons (Fsp3) is 0.412. The molecule has 1 aromatic carbocycles. The summed E-state index contributed by atoms with van der Waals surface area (Å²) in [5.74, 6) is -1.47. The highest BCUT2D eigenvalue weighted by Crippen LogP contribution is 2.48. The van der Waals surface area contributed by atoms with Gasteiger partial charge in [-0.15, -0.1) is 0 Å². The number of carboxylic acid groups (broad SMARTS) is 1. The third kappa shape index (κ3) is 2.36. The van der Waals surface area contributed by atoms with Gasteiger partial charge in [0.05, 0.1) is 18.9 Å². The van der Waals surface area contributed by atoms with Crippen LogP contribution in [0.5, 0.6) is 5.75 Å². The Morgan fingerprint density at radius 1 is 1.23 bits per heavy atom. The Hall–Kier alpha value is -2.30. The second-order valence-corrected chi connectivity index (χ2v) is 6.01. The summed E-state index contributed by atoms with van der Waals surface area (Å²) in [5, 5.41) is 12.3. The van der Waals surface area contributed by atoms with Gasteiger partial charge in [0, 0.05) is 5.69 Å². The van der Waals surface area contributed by atoms with Gasteiger partial charge in [-0.3, -0.25) is 9.59 Å². The van der Waals surface area contributed by atoms with Crippen molar-refractivity contribution >= 4 is 17.6 Å². The van der Waals surface area contributed by atoms with Crippen LogP contribution >= 0.6 is 0 Å². The Morgan fingerprint density at radius 2 is 1.91 bits per heavy atom. The van der Waals surface area contributed by atoms with Crippen molar-refractivity contribution < 1.29 is 19.4 Å². The summed E-state index contributed by atoms with van der Waals surface area (Å²) in [5.41, 5.74) is 1.58. The molecular weight excluding hydrogens is 282 g/mol. The monoisotopic (exact) mass is 301 g/mol. The van der Waals surface area contributed by atoms with Crippen LogP contribution in [0, 0.1) is 30.6 Å². The molecule has 0 aromatic heterocycles. The lowest BCUT2D eigenvalue weighted by Crippen LogP contribution is -2.36. The predicted octanol–water partition coefficient (Wildman–Crippen LogP) is 2.47. The number of ether oxygens (including phenoxy) is 1. The van der Waals surface area contributed by atoms with Crippen molar-refractivity contribution in [2.24, 2.45) is 23.7 Å². The molecule has 2 aliphatic rings. The molecule has 2 aliphatic carbocycles. The highest BCUT2D eigenvalue weighted by Gasteiger charge is 2.51. The highest BCUT2D eigenvalue weighted by molar-refractivity contribution is 5.97. The summed E-state index contributed by atoms with van der Waals surface area (Å²) >= 11 is 0. The largest absolute Gasteiger partial charge is 0.497 e. The standard InChI is InChI=1S/C17H19NO4/c1-9-7-12(22-2)5-6-13(9)18-16(19)14-10-3-4-11(8-10)15(14)17(20)21/h3-7,10-11,14-15H,8H2,1-2H3,(H,18,19)(H,20,21)/t10-,11-,14-,15-/m0/s1. The van der Waals surface area contributed by atoms with Crippen LogP contribution in [-0.2, 0) is 9.59 Å². The molecule has 3 rings (SSSR count). The first-order valence-electron chi connectivity index (χ1n) is 7.38. The zero-order valence-electron chi connectivity index (χ0n) is 12.6. The number of aryl methyl sites for hydroxylation is 1. The Balaban J connectivity index is 1.80. The number of rotatable bonds is 4. The molecule has 1 amide bonds. The van der Waals surface area contributed by atoms with E-state index in [1.807, 2.05) is 25.1 Å². The third-order valence-electron chi connectivity index (χ3n) is 4.74. The fourth-order valence-electron chi connectivity index (χ4n) is 3.64. The molecule has 5 heteroatoms. The minimum atomic E-state index is -0.886. The molecule has 22 heavy (non-hydrogen) atoms. The number of amides is 1.